The predicted octanol–water partition coefficient (Wildman–Crippen LogP) is 0.449. The molecule has 0 unspecified atom stereocenters. The number of nitrogens with zero attached hydrogens (tertiary/aromatic N) is 1. The van der Waals surface area contributed by atoms with Crippen molar-refractivity contribution < 1.29 is 19.7 Å². The van der Waals surface area contributed by atoms with Gasteiger partial charge in [-0.3, -0.25) is 4.98 Å². The van der Waals surface area contributed by atoms with Gasteiger partial charge >= 0.3 is 0 Å². The van der Waals surface area contributed by atoms with E-state index < -0.39 is 5.41 Å². The fourth-order valence-electron chi connectivity index (χ4n) is 1.72. The number of hydrogen-bond donors (Lipinski definition) is 3. The first-order valence-corrected chi connectivity index (χ1v) is 6.75. The number of aromatic nitrogens is 1. The minimum absolute atomic E-state index is 0.135. The molecule has 6 nitrogen and oxygen atoms in total. The predicted molar refractivity (Wildman–Crippen MR) is 77.5 cm³/mol. The minimum atomic E-state index is -0.873. The van der Waals surface area contributed by atoms with Crippen LogP contribution >= 0.6 is 0 Å². The highest BCUT2D eigenvalue weighted by Gasteiger charge is 2.31. The molecule has 2 rings (SSSR count). The van der Waals surface area contributed by atoms with Gasteiger partial charge in [0.1, 0.15) is 24.7 Å². The lowest BCUT2D eigenvalue weighted by atomic mass is 9.92. The van der Waals surface area contributed by atoms with Crippen LogP contribution in [-0.2, 0) is 4.74 Å². The van der Waals surface area contributed by atoms with Gasteiger partial charge in [0.15, 0.2) is 0 Å². The van der Waals surface area contributed by atoms with Gasteiger partial charge in [-0.15, -0.1) is 0 Å². The van der Waals surface area contributed by atoms with Gasteiger partial charge in [0.2, 0.25) is 0 Å². The van der Waals surface area contributed by atoms with Crippen LogP contribution in [0.15, 0.2) is 48.6 Å². The number of rotatable bonds is 8. The van der Waals surface area contributed by atoms with Gasteiger partial charge in [-0.1, -0.05) is 6.08 Å². The van der Waals surface area contributed by atoms with Crippen molar-refractivity contribution in [1.82, 2.24) is 10.3 Å². The Morgan fingerprint density at radius 1 is 1.24 bits per heavy atom. The summed E-state index contributed by atoms with van der Waals surface area (Å²) in [5.41, 5.74) is -0.873. The molecule has 1 aliphatic rings. The molecule has 0 aliphatic carbocycles. The highest BCUT2D eigenvalue weighted by Crippen LogP contribution is 2.21. The number of hydrogen-bond acceptors (Lipinski definition) is 6. The van der Waals surface area contributed by atoms with E-state index in [4.69, 9.17) is 9.47 Å². The van der Waals surface area contributed by atoms with Crippen LogP contribution in [0.4, 0.5) is 0 Å². The van der Waals surface area contributed by atoms with Gasteiger partial charge in [0, 0.05) is 18.9 Å². The lowest BCUT2D eigenvalue weighted by Crippen LogP contribution is -2.40. The van der Waals surface area contributed by atoms with Crippen molar-refractivity contribution in [2.24, 2.45) is 5.41 Å². The summed E-state index contributed by atoms with van der Waals surface area (Å²) in [4.78, 5) is 3.95. The van der Waals surface area contributed by atoms with E-state index in [1.807, 2.05) is 12.2 Å². The Labute approximate surface area is 123 Å². The zero-order valence-electron chi connectivity index (χ0n) is 11.7. The fourth-order valence-corrected chi connectivity index (χ4v) is 1.72. The van der Waals surface area contributed by atoms with Crippen LogP contribution in [0.25, 0.3) is 0 Å². The Morgan fingerprint density at radius 3 is 2.67 bits per heavy atom. The Bertz CT molecular complexity index is 484. The summed E-state index contributed by atoms with van der Waals surface area (Å²) in [6, 6.07) is 3.53. The summed E-state index contributed by atoms with van der Waals surface area (Å²) >= 11 is 0. The maximum absolute atomic E-state index is 9.60. The second kappa shape index (κ2) is 7.66. The van der Waals surface area contributed by atoms with Crippen molar-refractivity contribution in [1.29, 1.82) is 0 Å². The lowest BCUT2D eigenvalue weighted by Gasteiger charge is -2.29. The Hall–Kier alpha value is -2.05. The highest BCUT2D eigenvalue weighted by molar-refractivity contribution is 5.17. The van der Waals surface area contributed by atoms with Crippen LogP contribution in [0.1, 0.15) is 0 Å². The molecule has 0 spiro atoms. The van der Waals surface area contributed by atoms with E-state index >= 15 is 0 Å². The molecule has 6 heteroatoms. The van der Waals surface area contributed by atoms with Gasteiger partial charge in [0.05, 0.1) is 24.8 Å². The number of ether oxygens (including phenoxy) is 2. The summed E-state index contributed by atoms with van der Waals surface area (Å²) in [5.74, 6) is 1.25. The molecule has 0 atom stereocenters. The molecule has 0 radical (unpaired) electrons. The van der Waals surface area contributed by atoms with E-state index in [0.717, 1.165) is 6.54 Å². The van der Waals surface area contributed by atoms with Crippen molar-refractivity contribution >= 4 is 0 Å². The third-order valence-electron chi connectivity index (χ3n) is 3.16. The molecule has 0 aromatic carbocycles. The van der Waals surface area contributed by atoms with E-state index in [1.165, 1.54) is 0 Å². The summed E-state index contributed by atoms with van der Waals surface area (Å²) in [6.07, 6.45) is 8.76. The molecule has 1 aliphatic heterocycles. The van der Waals surface area contributed by atoms with Crippen LogP contribution in [0.2, 0.25) is 0 Å². The Morgan fingerprint density at radius 2 is 2.05 bits per heavy atom. The molecule has 2 heterocycles. The number of nitrogens with one attached hydrogen (secondary N) is 1. The second-order valence-electron chi connectivity index (χ2n) is 4.94. The number of dihydropyridines is 1. The van der Waals surface area contributed by atoms with E-state index in [-0.39, 0.29) is 26.4 Å². The summed E-state index contributed by atoms with van der Waals surface area (Å²) in [7, 11) is 0. The topological polar surface area (TPSA) is 83.8 Å². The van der Waals surface area contributed by atoms with E-state index in [0.29, 0.717) is 11.5 Å². The average Bonchev–Trinajstić information content (AvgIpc) is 2.58. The monoisotopic (exact) mass is 292 g/mol. The quantitative estimate of drug-likeness (QED) is 0.645. The highest BCUT2D eigenvalue weighted by atomic mass is 16.5. The van der Waals surface area contributed by atoms with Gasteiger partial charge in [0.25, 0.3) is 0 Å². The molecular weight excluding hydrogens is 272 g/mol. The molecule has 114 valence electrons. The standard InChI is InChI=1S/C15H20N2O4/c18-9-15(10-19,11-20-13-3-1-5-16-7-13)12-21-14-4-2-6-17-8-14/h1-5,7-8,17-19H,6,9-12H2. The molecule has 0 bridgehead atoms. The first kappa shape index (κ1) is 15.3. The normalized spacial score (nSPS) is 14.3. The molecule has 21 heavy (non-hydrogen) atoms. The first-order chi connectivity index (χ1) is 10.3. The molecule has 0 fully saturated rings. The maximum atomic E-state index is 9.60. The smallest absolute Gasteiger partial charge is 0.137 e. The van der Waals surface area contributed by atoms with Crippen molar-refractivity contribution in [2.45, 2.75) is 0 Å². The van der Waals surface area contributed by atoms with Crippen LogP contribution in [0.5, 0.6) is 5.75 Å². The van der Waals surface area contributed by atoms with Crippen LogP contribution in [0.3, 0.4) is 0 Å². The zero-order chi connectivity index (χ0) is 15.0. The van der Waals surface area contributed by atoms with E-state index in [9.17, 15) is 10.2 Å². The number of aliphatic hydroxyl groups excluding tert-OH is 2. The van der Waals surface area contributed by atoms with E-state index in [1.54, 1.807) is 30.7 Å². The Kier molecular flexibility index (Phi) is 5.59. The van der Waals surface area contributed by atoms with Gasteiger partial charge in [-0.2, -0.15) is 0 Å². The Balaban J connectivity index is 1.92. The summed E-state index contributed by atoms with van der Waals surface area (Å²) in [6.45, 7) is 0.568. The van der Waals surface area contributed by atoms with Crippen LogP contribution in [-0.4, -0.2) is 48.2 Å². The first-order valence-electron chi connectivity index (χ1n) is 6.75. The lowest BCUT2D eigenvalue weighted by molar-refractivity contribution is -0.0342. The van der Waals surface area contributed by atoms with Gasteiger partial charge < -0.3 is 25.0 Å². The van der Waals surface area contributed by atoms with E-state index in [2.05, 4.69) is 10.3 Å². The fraction of sp³-hybridized carbons (Fsp3) is 0.400. The summed E-state index contributed by atoms with van der Waals surface area (Å²) < 4.78 is 11.2. The van der Waals surface area contributed by atoms with Gasteiger partial charge in [-0.05, 0) is 18.2 Å². The SMILES string of the molecule is OCC(CO)(COC1=CNCC=C1)COc1cccnc1. The molecule has 0 amide bonds. The maximum Gasteiger partial charge on any atom is 0.137 e. The number of pyridine rings is 1. The third kappa shape index (κ3) is 4.47. The largest absolute Gasteiger partial charge is 0.491 e. The molecule has 0 saturated heterocycles. The number of aliphatic hydroxyl groups is 2. The van der Waals surface area contributed by atoms with Crippen molar-refractivity contribution in [3.8, 4) is 5.75 Å². The molecular formula is C15H20N2O4. The molecule has 0 saturated carbocycles. The minimum Gasteiger partial charge on any atom is -0.491 e. The number of allylic oxidation sites excluding steroid dienone is 1. The molecule has 3 N–H and O–H groups in total. The third-order valence-corrected chi connectivity index (χ3v) is 3.16. The van der Waals surface area contributed by atoms with Crippen LogP contribution < -0.4 is 10.1 Å². The molecule has 1 aromatic heterocycles. The van der Waals surface area contributed by atoms with Crippen molar-refractivity contribution in [3.05, 3.63) is 48.6 Å². The molecule has 1 aromatic rings. The zero-order valence-corrected chi connectivity index (χ0v) is 11.7. The second-order valence-corrected chi connectivity index (χ2v) is 4.94. The van der Waals surface area contributed by atoms with Gasteiger partial charge in [-0.25, -0.2) is 0 Å². The average molecular weight is 292 g/mol. The van der Waals surface area contributed by atoms with Crippen molar-refractivity contribution in [2.75, 3.05) is 33.0 Å². The van der Waals surface area contributed by atoms with Crippen LogP contribution in [0, 0.1) is 5.41 Å². The van der Waals surface area contributed by atoms with Crippen molar-refractivity contribution in [3.63, 3.8) is 0 Å². The summed E-state index contributed by atoms with van der Waals surface area (Å²) in [5, 5.41) is 22.2.